The summed E-state index contributed by atoms with van der Waals surface area (Å²) in [6.45, 7) is 4.47. The minimum absolute atomic E-state index is 1.17. The van der Waals surface area contributed by atoms with Crippen LogP contribution in [0.5, 0.6) is 0 Å². The molecule has 0 aliphatic rings. The first kappa shape index (κ1) is 15.4. The van der Waals surface area contributed by atoms with E-state index in [1.165, 1.54) is 54.7 Å². The summed E-state index contributed by atoms with van der Waals surface area (Å²) in [4.78, 5) is 1.40. The number of thioether (sulfide) groups is 1. The molecule has 0 amide bonds. The standard InChI is InChI=1S/C17H26S/c1-3-5-7-9-15-18-17-13-11-16(12-14-17)10-8-6-4-2/h8,10-14H,3-7,9,15H2,1-2H3/b10-8+. The third kappa shape index (κ3) is 6.90. The molecule has 0 N–H and O–H groups in total. The van der Waals surface area contributed by atoms with Crippen LogP contribution in [-0.4, -0.2) is 5.75 Å². The van der Waals surface area contributed by atoms with Crippen molar-refractivity contribution in [1.82, 2.24) is 0 Å². The summed E-state index contributed by atoms with van der Waals surface area (Å²) >= 11 is 1.98. The number of benzene rings is 1. The molecule has 0 unspecified atom stereocenters. The Kier molecular flexibility index (Phi) is 8.75. The van der Waals surface area contributed by atoms with Crippen molar-refractivity contribution < 1.29 is 0 Å². The van der Waals surface area contributed by atoms with Gasteiger partial charge in [0.1, 0.15) is 0 Å². The molecule has 0 nitrogen and oxygen atoms in total. The smallest absolute Gasteiger partial charge is 0.00723 e. The van der Waals surface area contributed by atoms with Gasteiger partial charge in [-0.15, -0.1) is 11.8 Å². The van der Waals surface area contributed by atoms with E-state index in [0.717, 1.165) is 0 Å². The summed E-state index contributed by atoms with van der Waals surface area (Å²) in [5.74, 6) is 1.25. The Balaban J connectivity index is 2.27. The predicted octanol–water partition coefficient (Wildman–Crippen LogP) is 6.17. The van der Waals surface area contributed by atoms with Gasteiger partial charge in [-0.2, -0.15) is 0 Å². The Bertz CT molecular complexity index is 324. The fourth-order valence-electron chi connectivity index (χ4n) is 1.78. The van der Waals surface area contributed by atoms with Crippen LogP contribution >= 0.6 is 11.8 Å². The topological polar surface area (TPSA) is 0 Å². The first-order chi connectivity index (χ1) is 8.86. The summed E-state index contributed by atoms with van der Waals surface area (Å²) in [6, 6.07) is 8.94. The van der Waals surface area contributed by atoms with E-state index >= 15 is 0 Å². The Hall–Kier alpha value is -0.690. The van der Waals surface area contributed by atoms with Gasteiger partial charge in [0, 0.05) is 4.90 Å². The summed E-state index contributed by atoms with van der Waals surface area (Å²) in [6.07, 6.45) is 12.3. The van der Waals surface area contributed by atoms with E-state index < -0.39 is 0 Å². The van der Waals surface area contributed by atoms with Crippen LogP contribution in [0, 0.1) is 0 Å². The molecular formula is C17H26S. The predicted molar refractivity (Wildman–Crippen MR) is 85.3 cm³/mol. The van der Waals surface area contributed by atoms with Gasteiger partial charge in [-0.25, -0.2) is 0 Å². The van der Waals surface area contributed by atoms with Gasteiger partial charge in [0.15, 0.2) is 0 Å². The maximum Gasteiger partial charge on any atom is 0.00723 e. The van der Waals surface area contributed by atoms with Gasteiger partial charge in [-0.1, -0.05) is 63.8 Å². The maximum atomic E-state index is 2.26. The molecule has 0 atom stereocenters. The molecule has 100 valence electrons. The average molecular weight is 262 g/mol. The van der Waals surface area contributed by atoms with Gasteiger partial charge < -0.3 is 0 Å². The van der Waals surface area contributed by atoms with Crippen molar-refractivity contribution in [2.75, 3.05) is 5.75 Å². The molecule has 1 aromatic rings. The molecule has 0 spiro atoms. The number of unbranched alkanes of at least 4 members (excludes halogenated alkanes) is 4. The largest absolute Gasteiger partial charge is 0.126 e. The highest BCUT2D eigenvalue weighted by Crippen LogP contribution is 2.20. The highest BCUT2D eigenvalue weighted by Gasteiger charge is 1.94. The van der Waals surface area contributed by atoms with Crippen molar-refractivity contribution in [3.8, 4) is 0 Å². The van der Waals surface area contributed by atoms with Crippen LogP contribution < -0.4 is 0 Å². The lowest BCUT2D eigenvalue weighted by atomic mass is 10.2. The van der Waals surface area contributed by atoms with Gasteiger partial charge >= 0.3 is 0 Å². The van der Waals surface area contributed by atoms with Gasteiger partial charge in [0.2, 0.25) is 0 Å². The van der Waals surface area contributed by atoms with Gasteiger partial charge in [0.05, 0.1) is 0 Å². The van der Waals surface area contributed by atoms with Crippen LogP contribution in [-0.2, 0) is 0 Å². The third-order valence-electron chi connectivity index (χ3n) is 2.91. The Morgan fingerprint density at radius 2 is 1.72 bits per heavy atom. The first-order valence-corrected chi connectivity index (χ1v) is 8.24. The maximum absolute atomic E-state index is 2.26. The number of allylic oxidation sites excluding steroid dienone is 1. The second kappa shape index (κ2) is 10.3. The Labute approximate surface area is 117 Å². The zero-order chi connectivity index (χ0) is 13.1. The lowest BCUT2D eigenvalue weighted by molar-refractivity contribution is 0.706. The zero-order valence-electron chi connectivity index (χ0n) is 11.8. The van der Waals surface area contributed by atoms with Crippen LogP contribution in [0.2, 0.25) is 0 Å². The quantitative estimate of drug-likeness (QED) is 0.378. The van der Waals surface area contributed by atoms with Crippen molar-refractivity contribution in [2.24, 2.45) is 0 Å². The van der Waals surface area contributed by atoms with Gasteiger partial charge in [-0.3, -0.25) is 0 Å². The molecule has 0 heterocycles. The van der Waals surface area contributed by atoms with Crippen LogP contribution in [0.4, 0.5) is 0 Å². The summed E-state index contributed by atoms with van der Waals surface area (Å²) < 4.78 is 0. The summed E-state index contributed by atoms with van der Waals surface area (Å²) in [5, 5.41) is 0. The van der Waals surface area contributed by atoms with Crippen LogP contribution in [0.15, 0.2) is 35.2 Å². The van der Waals surface area contributed by atoms with E-state index in [0.29, 0.717) is 0 Å². The van der Waals surface area contributed by atoms with Gasteiger partial charge in [0.25, 0.3) is 0 Å². The zero-order valence-corrected chi connectivity index (χ0v) is 12.6. The molecule has 0 saturated heterocycles. The monoisotopic (exact) mass is 262 g/mol. The lowest BCUT2D eigenvalue weighted by Crippen LogP contribution is -1.81. The Morgan fingerprint density at radius 3 is 2.39 bits per heavy atom. The SMILES string of the molecule is CCC/C=C/c1ccc(SCCCCCC)cc1. The molecule has 0 bridgehead atoms. The van der Waals surface area contributed by atoms with E-state index in [2.05, 4.69) is 50.3 Å². The van der Waals surface area contributed by atoms with E-state index in [-0.39, 0.29) is 0 Å². The van der Waals surface area contributed by atoms with Crippen LogP contribution in [0.1, 0.15) is 57.9 Å². The van der Waals surface area contributed by atoms with Crippen molar-refractivity contribution in [3.05, 3.63) is 35.9 Å². The molecule has 0 radical (unpaired) electrons. The minimum Gasteiger partial charge on any atom is -0.126 e. The number of hydrogen-bond acceptors (Lipinski definition) is 1. The number of rotatable bonds is 9. The minimum atomic E-state index is 1.17. The fourth-order valence-corrected chi connectivity index (χ4v) is 2.69. The van der Waals surface area contributed by atoms with Gasteiger partial charge in [-0.05, 0) is 36.3 Å². The molecule has 0 fully saturated rings. The van der Waals surface area contributed by atoms with Crippen molar-refractivity contribution >= 4 is 17.8 Å². The lowest BCUT2D eigenvalue weighted by Gasteiger charge is -2.02. The second-order valence-corrected chi connectivity index (χ2v) is 5.84. The van der Waals surface area contributed by atoms with Crippen LogP contribution in [0.25, 0.3) is 6.08 Å². The molecule has 0 aliphatic heterocycles. The van der Waals surface area contributed by atoms with Crippen molar-refractivity contribution in [1.29, 1.82) is 0 Å². The summed E-state index contributed by atoms with van der Waals surface area (Å²) in [5.41, 5.74) is 1.32. The molecular weight excluding hydrogens is 236 g/mol. The molecule has 1 heteroatoms. The van der Waals surface area contributed by atoms with Crippen molar-refractivity contribution in [3.63, 3.8) is 0 Å². The highest BCUT2D eigenvalue weighted by molar-refractivity contribution is 7.99. The third-order valence-corrected chi connectivity index (χ3v) is 4.01. The molecule has 0 saturated carbocycles. The molecule has 1 aromatic carbocycles. The van der Waals surface area contributed by atoms with E-state index in [1.54, 1.807) is 0 Å². The molecule has 0 aliphatic carbocycles. The normalized spacial score (nSPS) is 11.2. The van der Waals surface area contributed by atoms with E-state index in [4.69, 9.17) is 0 Å². The highest BCUT2D eigenvalue weighted by atomic mass is 32.2. The fraction of sp³-hybridized carbons (Fsp3) is 0.529. The summed E-state index contributed by atoms with van der Waals surface area (Å²) in [7, 11) is 0. The van der Waals surface area contributed by atoms with Crippen LogP contribution in [0.3, 0.4) is 0 Å². The molecule has 18 heavy (non-hydrogen) atoms. The molecule has 0 aromatic heterocycles. The van der Waals surface area contributed by atoms with E-state index in [9.17, 15) is 0 Å². The van der Waals surface area contributed by atoms with E-state index in [1.807, 2.05) is 11.8 Å². The Morgan fingerprint density at radius 1 is 0.944 bits per heavy atom. The number of hydrogen-bond donors (Lipinski definition) is 0. The first-order valence-electron chi connectivity index (χ1n) is 7.26. The molecule has 1 rings (SSSR count). The second-order valence-electron chi connectivity index (χ2n) is 4.67. The average Bonchev–Trinajstić information content (AvgIpc) is 2.40. The van der Waals surface area contributed by atoms with Crippen molar-refractivity contribution in [2.45, 2.75) is 57.3 Å².